The number of thiophene rings is 1. The first-order chi connectivity index (χ1) is 12.9. The van der Waals surface area contributed by atoms with Crippen molar-refractivity contribution in [2.45, 2.75) is 13.5 Å². The summed E-state index contributed by atoms with van der Waals surface area (Å²) < 4.78 is 13.5. The molecule has 0 saturated carbocycles. The Balaban J connectivity index is 2.17. The molecule has 2 heterocycles. The Hall–Kier alpha value is -1.87. The average molecular weight is 445 g/mol. The van der Waals surface area contributed by atoms with Gasteiger partial charge in [-0.25, -0.2) is 0 Å². The number of hydrogen-bond donors (Lipinski definition) is 0. The van der Waals surface area contributed by atoms with Gasteiger partial charge < -0.3 is 14.0 Å². The number of nitrogens with zero attached hydrogens (tertiary/aromatic N) is 2. The number of para-hydroxylation sites is 1. The molecule has 0 bridgehead atoms. The molecule has 0 spiro atoms. The minimum absolute atomic E-state index is 0.0988. The Morgan fingerprint density at radius 3 is 2.67 bits per heavy atom. The molecule has 0 aliphatic rings. The highest BCUT2D eigenvalue weighted by molar-refractivity contribution is 7.20. The minimum atomic E-state index is -0.536. The van der Waals surface area contributed by atoms with Crippen LogP contribution in [0, 0.1) is 0 Å². The molecule has 27 heavy (non-hydrogen) atoms. The number of benzene rings is 1. The summed E-state index contributed by atoms with van der Waals surface area (Å²) >= 11 is 14.3. The molecule has 0 unspecified atom stereocenters. The number of carbonyl (C=O) groups is 2. The fraction of sp³-hybridized carbons (Fsp3) is 0.235. The van der Waals surface area contributed by atoms with Gasteiger partial charge >= 0.3 is 5.97 Å². The van der Waals surface area contributed by atoms with E-state index in [2.05, 4.69) is 4.99 Å². The van der Waals surface area contributed by atoms with Crippen molar-refractivity contribution in [2.75, 3.05) is 13.7 Å². The quantitative estimate of drug-likeness (QED) is 0.547. The number of carbonyl (C=O) groups excluding carboxylic acids is 2. The topological polar surface area (TPSA) is 69.9 Å². The van der Waals surface area contributed by atoms with Crippen molar-refractivity contribution in [2.24, 2.45) is 4.99 Å². The van der Waals surface area contributed by atoms with Crippen LogP contribution < -0.4 is 9.54 Å². The highest BCUT2D eigenvalue weighted by Gasteiger charge is 2.18. The van der Waals surface area contributed by atoms with Crippen molar-refractivity contribution in [1.82, 2.24) is 4.57 Å². The van der Waals surface area contributed by atoms with Gasteiger partial charge in [-0.1, -0.05) is 40.6 Å². The predicted molar refractivity (Wildman–Crippen MR) is 107 cm³/mol. The summed E-state index contributed by atoms with van der Waals surface area (Å²) in [5.41, 5.74) is 0.887. The first-order valence-electron chi connectivity index (χ1n) is 7.80. The number of ether oxygens (including phenoxy) is 2. The Kier molecular flexibility index (Phi) is 6.21. The van der Waals surface area contributed by atoms with Gasteiger partial charge in [0.2, 0.25) is 0 Å². The van der Waals surface area contributed by atoms with Gasteiger partial charge in [0.25, 0.3) is 5.91 Å². The highest BCUT2D eigenvalue weighted by Crippen LogP contribution is 2.32. The van der Waals surface area contributed by atoms with E-state index in [4.69, 9.17) is 32.7 Å². The van der Waals surface area contributed by atoms with Crippen LogP contribution in [0.1, 0.15) is 17.3 Å². The van der Waals surface area contributed by atoms with Gasteiger partial charge in [0.05, 0.1) is 28.3 Å². The van der Waals surface area contributed by atoms with Crippen molar-refractivity contribution >= 4 is 68.0 Å². The largest absolute Gasteiger partial charge is 0.495 e. The molecule has 0 saturated heterocycles. The van der Waals surface area contributed by atoms with Crippen molar-refractivity contribution in [3.05, 3.63) is 43.3 Å². The third-order valence-corrected chi connectivity index (χ3v) is 6.09. The van der Waals surface area contributed by atoms with Gasteiger partial charge in [-0.3, -0.25) is 9.59 Å². The van der Waals surface area contributed by atoms with E-state index in [0.29, 0.717) is 20.4 Å². The standard InChI is InChI=1S/C17H14Cl2N2O4S2/c1-3-25-13(22)8-21-14-10(24-2)5-4-6-11(14)26-17(21)20-16(23)9-7-12(18)27-15(9)19/h4-7H,3,8H2,1-2H3. The summed E-state index contributed by atoms with van der Waals surface area (Å²) in [7, 11) is 1.54. The molecule has 1 aromatic carbocycles. The number of halogens is 2. The fourth-order valence-corrected chi connectivity index (χ4v) is 4.96. The lowest BCUT2D eigenvalue weighted by molar-refractivity contribution is -0.143. The lowest BCUT2D eigenvalue weighted by atomic mass is 10.3. The van der Waals surface area contributed by atoms with Gasteiger partial charge in [-0.05, 0) is 25.1 Å². The Morgan fingerprint density at radius 1 is 1.26 bits per heavy atom. The number of amides is 1. The monoisotopic (exact) mass is 444 g/mol. The second kappa shape index (κ2) is 8.43. The average Bonchev–Trinajstić information content (AvgIpc) is 3.14. The van der Waals surface area contributed by atoms with Crippen molar-refractivity contribution in [3.8, 4) is 5.75 Å². The SMILES string of the molecule is CCOC(=O)Cn1c(=NC(=O)c2cc(Cl)sc2Cl)sc2cccc(OC)c21. The van der Waals surface area contributed by atoms with Gasteiger partial charge in [0.15, 0.2) is 4.80 Å². The number of thiazole rings is 1. The molecule has 0 radical (unpaired) electrons. The summed E-state index contributed by atoms with van der Waals surface area (Å²) in [5, 5.41) is 0. The molecule has 0 fully saturated rings. The number of methoxy groups -OCH3 is 1. The molecule has 0 N–H and O–H groups in total. The van der Waals surface area contributed by atoms with E-state index in [1.165, 1.54) is 24.5 Å². The zero-order chi connectivity index (χ0) is 19.6. The van der Waals surface area contributed by atoms with Crippen molar-refractivity contribution in [1.29, 1.82) is 0 Å². The first kappa shape index (κ1) is 19.9. The van der Waals surface area contributed by atoms with Crippen LogP contribution >= 0.6 is 45.9 Å². The molecule has 0 atom stereocenters. The summed E-state index contributed by atoms with van der Waals surface area (Å²) in [6, 6.07) is 6.94. The van der Waals surface area contributed by atoms with Crippen LogP contribution in [0.15, 0.2) is 29.3 Å². The van der Waals surface area contributed by atoms with Crippen molar-refractivity contribution in [3.63, 3.8) is 0 Å². The molecule has 3 aromatic rings. The highest BCUT2D eigenvalue weighted by atomic mass is 35.5. The zero-order valence-electron chi connectivity index (χ0n) is 14.3. The van der Waals surface area contributed by atoms with E-state index in [9.17, 15) is 9.59 Å². The molecular formula is C17H14Cl2N2O4S2. The molecule has 10 heteroatoms. The van der Waals surface area contributed by atoms with Crippen LogP contribution in [0.4, 0.5) is 0 Å². The molecule has 2 aromatic heterocycles. The second-order valence-corrected chi connectivity index (χ2v) is 8.53. The van der Waals surface area contributed by atoms with Crippen LogP contribution in [0.2, 0.25) is 8.67 Å². The molecule has 0 aliphatic carbocycles. The Bertz CT molecular complexity index is 1080. The molecule has 6 nitrogen and oxygen atoms in total. The maximum absolute atomic E-state index is 12.6. The normalized spacial score (nSPS) is 11.8. The van der Waals surface area contributed by atoms with E-state index in [-0.39, 0.29) is 23.1 Å². The molecule has 142 valence electrons. The van der Waals surface area contributed by atoms with Gasteiger partial charge in [0.1, 0.15) is 22.1 Å². The summed E-state index contributed by atoms with van der Waals surface area (Å²) in [4.78, 5) is 29.2. The van der Waals surface area contributed by atoms with Crippen LogP contribution in [-0.4, -0.2) is 30.2 Å². The molecule has 1 amide bonds. The van der Waals surface area contributed by atoms with Crippen LogP contribution in [-0.2, 0) is 16.1 Å². The van der Waals surface area contributed by atoms with E-state index in [1.807, 2.05) is 12.1 Å². The molecular weight excluding hydrogens is 431 g/mol. The Labute approximate surface area is 172 Å². The van der Waals surface area contributed by atoms with Gasteiger partial charge in [0, 0.05) is 0 Å². The van der Waals surface area contributed by atoms with Crippen LogP contribution in [0.3, 0.4) is 0 Å². The third-order valence-electron chi connectivity index (χ3n) is 3.56. The number of fused-ring (bicyclic) bond motifs is 1. The van der Waals surface area contributed by atoms with E-state index >= 15 is 0 Å². The van der Waals surface area contributed by atoms with E-state index in [0.717, 1.165) is 16.0 Å². The molecule has 3 rings (SSSR count). The predicted octanol–water partition coefficient (Wildman–Crippen LogP) is 4.38. The van der Waals surface area contributed by atoms with Crippen molar-refractivity contribution < 1.29 is 19.1 Å². The smallest absolute Gasteiger partial charge is 0.326 e. The Morgan fingerprint density at radius 2 is 2.04 bits per heavy atom. The number of hydrogen-bond acceptors (Lipinski definition) is 6. The summed E-state index contributed by atoms with van der Waals surface area (Å²) in [6.45, 7) is 1.89. The first-order valence-corrected chi connectivity index (χ1v) is 10.2. The number of esters is 1. The minimum Gasteiger partial charge on any atom is -0.495 e. The summed E-state index contributed by atoms with van der Waals surface area (Å²) in [6.07, 6.45) is 0. The lowest BCUT2D eigenvalue weighted by Crippen LogP contribution is -2.23. The second-order valence-electron chi connectivity index (χ2n) is 5.24. The lowest BCUT2D eigenvalue weighted by Gasteiger charge is -2.08. The fourth-order valence-electron chi connectivity index (χ4n) is 2.46. The van der Waals surface area contributed by atoms with Crippen LogP contribution in [0.5, 0.6) is 5.75 Å². The van der Waals surface area contributed by atoms with Crippen LogP contribution in [0.25, 0.3) is 10.2 Å². The van der Waals surface area contributed by atoms with Gasteiger partial charge in [-0.15, -0.1) is 11.3 Å². The number of rotatable bonds is 5. The third kappa shape index (κ3) is 4.19. The maximum Gasteiger partial charge on any atom is 0.326 e. The number of aromatic nitrogens is 1. The van der Waals surface area contributed by atoms with Gasteiger partial charge in [-0.2, -0.15) is 4.99 Å². The summed E-state index contributed by atoms with van der Waals surface area (Å²) in [5.74, 6) is -0.404. The van der Waals surface area contributed by atoms with E-state index in [1.54, 1.807) is 17.6 Å². The zero-order valence-corrected chi connectivity index (χ0v) is 17.5. The van der Waals surface area contributed by atoms with E-state index < -0.39 is 11.9 Å². The maximum atomic E-state index is 12.6. The molecule has 0 aliphatic heterocycles.